The highest BCUT2D eigenvalue weighted by Gasteiger charge is 2.47. The van der Waals surface area contributed by atoms with Crippen molar-refractivity contribution < 1.29 is 14.6 Å². The zero-order valence-electron chi connectivity index (χ0n) is 16.6. The summed E-state index contributed by atoms with van der Waals surface area (Å²) in [5.41, 5.74) is 3.10. The SMILES string of the molecule is Cc1ccc(-c2ccc(Cl)cc2C)cc1C1=C(O)C(C)(C)OC(C)(C)C1=O. The maximum atomic E-state index is 13.1. The van der Waals surface area contributed by atoms with E-state index in [0.717, 1.165) is 27.8 Å². The lowest BCUT2D eigenvalue weighted by molar-refractivity contribution is -0.158. The summed E-state index contributed by atoms with van der Waals surface area (Å²) in [6.45, 7) is 11.0. The van der Waals surface area contributed by atoms with Crippen molar-refractivity contribution in [2.45, 2.75) is 52.7 Å². The number of aryl methyl sites for hydroxylation is 2. The van der Waals surface area contributed by atoms with Gasteiger partial charge < -0.3 is 9.84 Å². The van der Waals surface area contributed by atoms with Gasteiger partial charge in [-0.3, -0.25) is 4.79 Å². The largest absolute Gasteiger partial charge is 0.508 e. The molecular formula is C23H25ClO3. The molecule has 0 spiro atoms. The van der Waals surface area contributed by atoms with Crippen molar-refractivity contribution in [3.05, 3.63) is 63.9 Å². The van der Waals surface area contributed by atoms with Gasteiger partial charge in [0.2, 0.25) is 0 Å². The maximum absolute atomic E-state index is 13.1. The predicted octanol–water partition coefficient (Wildman–Crippen LogP) is 6.05. The zero-order valence-corrected chi connectivity index (χ0v) is 17.4. The van der Waals surface area contributed by atoms with Crippen molar-refractivity contribution >= 4 is 23.0 Å². The van der Waals surface area contributed by atoms with Crippen molar-refractivity contribution in [1.82, 2.24) is 0 Å². The van der Waals surface area contributed by atoms with Crippen LogP contribution >= 0.6 is 11.6 Å². The monoisotopic (exact) mass is 384 g/mol. The first-order valence-electron chi connectivity index (χ1n) is 9.00. The van der Waals surface area contributed by atoms with Gasteiger partial charge in [-0.05, 0) is 87.6 Å². The molecule has 0 saturated heterocycles. The molecule has 0 atom stereocenters. The van der Waals surface area contributed by atoms with Gasteiger partial charge in [0.1, 0.15) is 17.0 Å². The summed E-state index contributed by atoms with van der Waals surface area (Å²) >= 11 is 6.08. The fourth-order valence-corrected chi connectivity index (χ4v) is 3.93. The number of hydrogen-bond acceptors (Lipinski definition) is 3. The van der Waals surface area contributed by atoms with Crippen LogP contribution in [0.3, 0.4) is 0 Å². The molecule has 27 heavy (non-hydrogen) atoms. The van der Waals surface area contributed by atoms with Crippen molar-refractivity contribution in [2.75, 3.05) is 0 Å². The lowest BCUT2D eigenvalue weighted by Gasteiger charge is -2.40. The fourth-order valence-electron chi connectivity index (χ4n) is 3.70. The van der Waals surface area contributed by atoms with E-state index in [1.54, 1.807) is 27.7 Å². The summed E-state index contributed by atoms with van der Waals surface area (Å²) in [5, 5.41) is 11.5. The standard InChI is InChI=1S/C23H25ClO3/c1-13-7-8-15(17-10-9-16(24)11-14(17)2)12-18(13)19-20(25)22(3,4)27-23(5,6)21(19)26/h7-12,25H,1-6H3. The van der Waals surface area contributed by atoms with Gasteiger partial charge in [-0.2, -0.15) is 0 Å². The summed E-state index contributed by atoms with van der Waals surface area (Å²) < 4.78 is 5.85. The highest BCUT2D eigenvalue weighted by atomic mass is 35.5. The third-order valence-corrected chi connectivity index (χ3v) is 5.33. The van der Waals surface area contributed by atoms with Crippen molar-refractivity contribution in [2.24, 2.45) is 0 Å². The molecule has 0 radical (unpaired) electrons. The third kappa shape index (κ3) is 3.42. The van der Waals surface area contributed by atoms with Crippen molar-refractivity contribution in [1.29, 1.82) is 0 Å². The molecule has 0 fully saturated rings. The number of aliphatic hydroxyl groups is 1. The van der Waals surface area contributed by atoms with E-state index < -0.39 is 11.2 Å². The molecule has 0 unspecified atom stereocenters. The molecular weight excluding hydrogens is 360 g/mol. The van der Waals surface area contributed by atoms with Gasteiger partial charge in [0.05, 0.1) is 5.57 Å². The number of ether oxygens (including phenoxy) is 1. The Morgan fingerprint density at radius 3 is 2.19 bits per heavy atom. The normalized spacial score (nSPS) is 18.7. The molecule has 1 aliphatic heterocycles. The number of aliphatic hydroxyl groups excluding tert-OH is 1. The molecule has 0 bridgehead atoms. The Balaban J connectivity index is 2.24. The highest BCUT2D eigenvalue weighted by Crippen LogP contribution is 2.41. The molecule has 3 nitrogen and oxygen atoms in total. The second-order valence-corrected chi connectivity index (χ2v) is 8.60. The smallest absolute Gasteiger partial charge is 0.198 e. The number of rotatable bonds is 2. The van der Waals surface area contributed by atoms with E-state index in [-0.39, 0.29) is 11.5 Å². The quantitative estimate of drug-likeness (QED) is 0.685. The van der Waals surface area contributed by atoms with Crippen LogP contribution < -0.4 is 0 Å². The second-order valence-electron chi connectivity index (χ2n) is 8.16. The lowest BCUT2D eigenvalue weighted by Crippen LogP contribution is -2.49. The Hall–Kier alpha value is -2.10. The van der Waals surface area contributed by atoms with Gasteiger partial charge >= 0.3 is 0 Å². The number of ketones is 1. The number of carbonyl (C=O) groups is 1. The molecule has 142 valence electrons. The van der Waals surface area contributed by atoms with Gasteiger partial charge in [0.15, 0.2) is 5.78 Å². The van der Waals surface area contributed by atoms with Crippen LogP contribution in [0.5, 0.6) is 0 Å². The van der Waals surface area contributed by atoms with Crippen LogP contribution in [-0.4, -0.2) is 22.1 Å². The summed E-state index contributed by atoms with van der Waals surface area (Å²) in [7, 11) is 0. The molecule has 2 aromatic carbocycles. The second kappa shape index (κ2) is 6.50. The Kier molecular flexibility index (Phi) is 4.73. The predicted molar refractivity (Wildman–Crippen MR) is 110 cm³/mol. The van der Waals surface area contributed by atoms with E-state index >= 15 is 0 Å². The van der Waals surface area contributed by atoms with Crippen LogP contribution in [0, 0.1) is 13.8 Å². The molecule has 1 heterocycles. The summed E-state index contributed by atoms with van der Waals surface area (Å²) in [6.07, 6.45) is 0. The van der Waals surface area contributed by atoms with Crippen LogP contribution in [-0.2, 0) is 9.53 Å². The van der Waals surface area contributed by atoms with E-state index in [9.17, 15) is 9.90 Å². The van der Waals surface area contributed by atoms with Crippen molar-refractivity contribution in [3.63, 3.8) is 0 Å². The first kappa shape index (κ1) is 19.7. The molecule has 0 aliphatic carbocycles. The Bertz CT molecular complexity index is 968. The highest BCUT2D eigenvalue weighted by molar-refractivity contribution is 6.30. The number of benzene rings is 2. The molecule has 0 amide bonds. The Morgan fingerprint density at radius 1 is 0.889 bits per heavy atom. The van der Waals surface area contributed by atoms with Crippen LogP contribution in [0.4, 0.5) is 0 Å². The minimum absolute atomic E-state index is 0.0279. The van der Waals surface area contributed by atoms with Crippen LogP contribution in [0.2, 0.25) is 5.02 Å². The number of carbonyl (C=O) groups excluding carboxylic acids is 1. The average Bonchev–Trinajstić information content (AvgIpc) is 2.55. The molecule has 0 aromatic heterocycles. The molecule has 0 saturated carbocycles. The van der Waals surface area contributed by atoms with E-state index in [4.69, 9.17) is 16.3 Å². The zero-order chi connectivity index (χ0) is 20.1. The summed E-state index contributed by atoms with van der Waals surface area (Å²) in [4.78, 5) is 13.1. The molecule has 1 N–H and O–H groups in total. The van der Waals surface area contributed by atoms with Crippen LogP contribution in [0.1, 0.15) is 44.4 Å². The average molecular weight is 385 g/mol. The van der Waals surface area contributed by atoms with Crippen molar-refractivity contribution in [3.8, 4) is 11.1 Å². The minimum Gasteiger partial charge on any atom is -0.508 e. The number of halogens is 1. The van der Waals surface area contributed by atoms with E-state index in [1.807, 2.05) is 50.2 Å². The van der Waals surface area contributed by atoms with Gasteiger partial charge in [0.25, 0.3) is 0 Å². The van der Waals surface area contributed by atoms with Gasteiger partial charge in [0, 0.05) is 5.02 Å². The summed E-state index contributed by atoms with van der Waals surface area (Å²) in [6, 6.07) is 11.7. The summed E-state index contributed by atoms with van der Waals surface area (Å²) in [5.74, 6) is -0.243. The Labute approximate surface area is 165 Å². The topological polar surface area (TPSA) is 46.5 Å². The van der Waals surface area contributed by atoms with E-state index in [2.05, 4.69) is 0 Å². The minimum atomic E-state index is -1.01. The van der Waals surface area contributed by atoms with E-state index in [0.29, 0.717) is 10.6 Å². The van der Waals surface area contributed by atoms with Crippen LogP contribution in [0.25, 0.3) is 16.7 Å². The lowest BCUT2D eigenvalue weighted by atomic mass is 9.81. The number of Topliss-reactive ketones (excluding diaryl/α,β-unsaturated/α-hetero) is 1. The molecule has 1 aliphatic rings. The molecule has 4 heteroatoms. The molecule has 2 aromatic rings. The third-order valence-electron chi connectivity index (χ3n) is 5.10. The van der Waals surface area contributed by atoms with Gasteiger partial charge in [-0.1, -0.05) is 29.8 Å². The molecule has 3 rings (SSSR count). The first-order chi connectivity index (χ1) is 12.4. The first-order valence-corrected chi connectivity index (χ1v) is 9.38. The van der Waals surface area contributed by atoms with Crippen LogP contribution in [0.15, 0.2) is 42.2 Å². The Morgan fingerprint density at radius 2 is 1.56 bits per heavy atom. The maximum Gasteiger partial charge on any atom is 0.198 e. The fraction of sp³-hybridized carbons (Fsp3) is 0.348. The van der Waals surface area contributed by atoms with Gasteiger partial charge in [-0.25, -0.2) is 0 Å². The number of hydrogen-bond donors (Lipinski definition) is 1. The van der Waals surface area contributed by atoms with E-state index in [1.165, 1.54) is 0 Å². The van der Waals surface area contributed by atoms with Gasteiger partial charge in [-0.15, -0.1) is 0 Å².